The maximum absolute atomic E-state index is 13.2. The summed E-state index contributed by atoms with van der Waals surface area (Å²) in [5, 5.41) is 15.1. The molecule has 0 saturated carbocycles. The summed E-state index contributed by atoms with van der Waals surface area (Å²) in [7, 11) is 1.36. The van der Waals surface area contributed by atoms with Crippen LogP contribution in [0.4, 0.5) is 4.39 Å². The number of nitrogens with zero attached hydrogens (tertiary/aromatic N) is 4. The fraction of sp³-hybridized carbons (Fsp3) is 0.0400. The smallest absolute Gasteiger partial charge is 0.343 e. The lowest BCUT2D eigenvalue weighted by Crippen LogP contribution is -2.35. The molecule has 3 heterocycles. The number of hydrazone groups is 1. The summed E-state index contributed by atoms with van der Waals surface area (Å²) in [5.74, 6) is -1.96. The monoisotopic (exact) mass is 535 g/mol. The van der Waals surface area contributed by atoms with E-state index in [9.17, 15) is 14.0 Å². The number of aromatic nitrogens is 1. The maximum Gasteiger partial charge on any atom is 0.343 e. The Labute approximate surface area is 218 Å². The predicted octanol–water partition coefficient (Wildman–Crippen LogP) is 4.77. The van der Waals surface area contributed by atoms with Gasteiger partial charge in [-0.25, -0.2) is 9.18 Å². The molecule has 0 bridgehead atoms. The third-order valence-corrected chi connectivity index (χ3v) is 6.44. The van der Waals surface area contributed by atoms with Crippen molar-refractivity contribution in [2.75, 3.05) is 7.11 Å². The van der Waals surface area contributed by atoms with Crippen LogP contribution in [0.2, 0.25) is 5.02 Å². The van der Waals surface area contributed by atoms with Crippen LogP contribution in [0.1, 0.15) is 21.5 Å². The number of amidine groups is 2. The molecule has 0 aliphatic carbocycles. The highest BCUT2D eigenvalue weighted by Gasteiger charge is 2.36. The van der Waals surface area contributed by atoms with Gasteiger partial charge in [0.1, 0.15) is 10.9 Å². The number of halogens is 2. The molecule has 0 unspecified atom stereocenters. The Morgan fingerprint density at radius 1 is 1.22 bits per heavy atom. The van der Waals surface area contributed by atoms with Gasteiger partial charge in [-0.15, -0.1) is 0 Å². The number of pyridine rings is 1. The highest BCUT2D eigenvalue weighted by Crippen LogP contribution is 2.38. The van der Waals surface area contributed by atoms with Gasteiger partial charge in [0, 0.05) is 18.0 Å². The second-order valence-electron chi connectivity index (χ2n) is 7.60. The van der Waals surface area contributed by atoms with Crippen LogP contribution >= 0.6 is 23.4 Å². The minimum absolute atomic E-state index is 0.0188. The second kappa shape index (κ2) is 9.96. The highest BCUT2D eigenvalue weighted by molar-refractivity contribution is 8.27. The average molecular weight is 536 g/mol. The van der Waals surface area contributed by atoms with Crippen LogP contribution in [0.25, 0.3) is 6.08 Å². The molecule has 0 spiro atoms. The van der Waals surface area contributed by atoms with Crippen molar-refractivity contribution < 1.29 is 23.5 Å². The number of methoxy groups -OCH3 is 1. The van der Waals surface area contributed by atoms with E-state index in [1.807, 2.05) is 6.07 Å². The summed E-state index contributed by atoms with van der Waals surface area (Å²) in [5.41, 5.74) is 1.24. The molecule has 0 atom stereocenters. The Balaban J connectivity index is 1.43. The van der Waals surface area contributed by atoms with Gasteiger partial charge in [0.2, 0.25) is 5.17 Å². The number of fused-ring (bicyclic) bond motifs is 1. The van der Waals surface area contributed by atoms with E-state index < -0.39 is 17.7 Å². The molecule has 2 aliphatic rings. The summed E-state index contributed by atoms with van der Waals surface area (Å²) in [6, 6.07) is 11.4. The van der Waals surface area contributed by atoms with Crippen molar-refractivity contribution in [3.8, 4) is 11.5 Å². The Morgan fingerprint density at radius 2 is 2.00 bits per heavy atom. The number of carbonyl (C=O) groups is 2. The van der Waals surface area contributed by atoms with Gasteiger partial charge >= 0.3 is 5.97 Å². The molecule has 3 aromatic rings. The summed E-state index contributed by atoms with van der Waals surface area (Å²) in [6.45, 7) is 0. The van der Waals surface area contributed by atoms with Crippen LogP contribution in [0.15, 0.2) is 76.6 Å². The number of aliphatic imine (C=N–C) groups is 1. The maximum atomic E-state index is 13.2. The van der Waals surface area contributed by atoms with E-state index in [4.69, 9.17) is 26.5 Å². The number of rotatable bonds is 5. The molecule has 1 N–H and O–H groups in total. The summed E-state index contributed by atoms with van der Waals surface area (Å²) < 4.78 is 23.9. The number of hydrogen-bond acceptors (Lipinski definition) is 8. The molecule has 9 nitrogen and oxygen atoms in total. The molecular formula is C25H15ClFN5O4S. The van der Waals surface area contributed by atoms with Gasteiger partial charge in [0.25, 0.3) is 5.91 Å². The van der Waals surface area contributed by atoms with Crippen LogP contribution in [-0.4, -0.2) is 45.0 Å². The molecule has 1 amide bonds. The van der Waals surface area contributed by atoms with E-state index >= 15 is 0 Å². The van der Waals surface area contributed by atoms with Gasteiger partial charge in [-0.1, -0.05) is 11.6 Å². The number of ether oxygens (including phenoxy) is 2. The van der Waals surface area contributed by atoms with Crippen molar-refractivity contribution in [1.29, 1.82) is 5.41 Å². The van der Waals surface area contributed by atoms with Gasteiger partial charge in [0.05, 0.1) is 23.3 Å². The minimum atomic E-state index is -0.758. The van der Waals surface area contributed by atoms with Gasteiger partial charge in [-0.3, -0.25) is 15.2 Å². The molecule has 0 radical (unpaired) electrons. The van der Waals surface area contributed by atoms with Gasteiger partial charge < -0.3 is 9.47 Å². The topological polar surface area (TPSA) is 117 Å². The predicted molar refractivity (Wildman–Crippen MR) is 138 cm³/mol. The Morgan fingerprint density at radius 3 is 2.70 bits per heavy atom. The Bertz CT molecular complexity index is 1540. The van der Waals surface area contributed by atoms with E-state index in [-0.39, 0.29) is 38.7 Å². The zero-order valence-corrected chi connectivity index (χ0v) is 20.5. The summed E-state index contributed by atoms with van der Waals surface area (Å²) in [6.07, 6.45) is 4.69. The first-order valence-electron chi connectivity index (χ1n) is 10.6. The number of carbonyl (C=O) groups excluding carboxylic acids is 2. The van der Waals surface area contributed by atoms with E-state index in [1.54, 1.807) is 18.5 Å². The van der Waals surface area contributed by atoms with Crippen LogP contribution in [-0.2, 0) is 4.79 Å². The van der Waals surface area contributed by atoms with Crippen molar-refractivity contribution in [3.63, 3.8) is 0 Å². The van der Waals surface area contributed by atoms with Crippen molar-refractivity contribution in [3.05, 3.63) is 94.0 Å². The number of hydrogen-bond donors (Lipinski definition) is 1. The lowest BCUT2D eigenvalue weighted by atomic mass is 10.1. The van der Waals surface area contributed by atoms with Gasteiger partial charge in [0.15, 0.2) is 17.3 Å². The molecular weight excluding hydrogens is 521 g/mol. The van der Waals surface area contributed by atoms with E-state index in [0.717, 1.165) is 17.7 Å². The molecule has 0 fully saturated rings. The van der Waals surface area contributed by atoms with E-state index in [0.29, 0.717) is 10.6 Å². The van der Waals surface area contributed by atoms with E-state index in [1.165, 1.54) is 54.2 Å². The molecule has 5 rings (SSSR count). The number of benzene rings is 2. The molecule has 1 aromatic heterocycles. The zero-order valence-electron chi connectivity index (χ0n) is 18.9. The van der Waals surface area contributed by atoms with Crippen molar-refractivity contribution in [1.82, 2.24) is 9.99 Å². The standard InChI is InChI=1S/C25H15ClFN5O4S/c1-35-19-11-13(10-18(26)20(19)36-24(34)14-4-6-16(27)7-5-14)9-17-21(28)32-25(30-22(17)33)37-23(31-32)15-3-2-8-29-12-15/h2-12,28H,1H3. The summed E-state index contributed by atoms with van der Waals surface area (Å²) >= 11 is 7.55. The van der Waals surface area contributed by atoms with Gasteiger partial charge in [-0.2, -0.15) is 15.1 Å². The number of esters is 1. The Hall–Kier alpha value is -4.35. The number of thioether (sulfide) groups is 1. The van der Waals surface area contributed by atoms with Crippen LogP contribution in [0, 0.1) is 11.2 Å². The molecule has 2 aromatic carbocycles. The zero-order chi connectivity index (χ0) is 26.1. The quantitative estimate of drug-likeness (QED) is 0.284. The molecule has 184 valence electrons. The molecule has 37 heavy (non-hydrogen) atoms. The van der Waals surface area contributed by atoms with E-state index in [2.05, 4.69) is 15.1 Å². The molecule has 2 aliphatic heterocycles. The number of nitrogens with one attached hydrogen (secondary N) is 1. The normalized spacial score (nSPS) is 15.9. The largest absolute Gasteiger partial charge is 0.493 e. The van der Waals surface area contributed by atoms with Gasteiger partial charge in [-0.05, 0) is 71.9 Å². The Kier molecular flexibility index (Phi) is 6.55. The third kappa shape index (κ3) is 4.86. The average Bonchev–Trinajstić information content (AvgIpc) is 3.33. The second-order valence-corrected chi connectivity index (χ2v) is 8.96. The first-order valence-corrected chi connectivity index (χ1v) is 11.8. The van der Waals surface area contributed by atoms with Crippen molar-refractivity contribution in [2.24, 2.45) is 10.1 Å². The van der Waals surface area contributed by atoms with Crippen molar-refractivity contribution >= 4 is 57.4 Å². The number of amides is 1. The fourth-order valence-electron chi connectivity index (χ4n) is 3.42. The van der Waals surface area contributed by atoms with Crippen LogP contribution in [0.5, 0.6) is 11.5 Å². The molecule has 12 heteroatoms. The molecule has 0 saturated heterocycles. The highest BCUT2D eigenvalue weighted by atomic mass is 35.5. The van der Waals surface area contributed by atoms with Crippen LogP contribution < -0.4 is 9.47 Å². The minimum Gasteiger partial charge on any atom is -0.493 e. The lowest BCUT2D eigenvalue weighted by molar-refractivity contribution is -0.114. The van der Waals surface area contributed by atoms with Crippen molar-refractivity contribution in [2.45, 2.75) is 0 Å². The lowest BCUT2D eigenvalue weighted by Gasteiger charge is -2.20. The fourth-order valence-corrected chi connectivity index (χ4v) is 4.56. The SMILES string of the molecule is COc1cc(C=C2C(=N)N3N=C(c4cccnc4)SC3=NC2=O)cc(Cl)c1OC(=O)c1ccc(F)cc1. The van der Waals surface area contributed by atoms with Crippen LogP contribution in [0.3, 0.4) is 0 Å². The first-order chi connectivity index (χ1) is 17.8. The third-order valence-electron chi connectivity index (χ3n) is 5.20. The first kappa shape index (κ1) is 24.3. The summed E-state index contributed by atoms with van der Waals surface area (Å²) in [4.78, 5) is 33.4.